The van der Waals surface area contributed by atoms with Gasteiger partial charge in [0.25, 0.3) is 5.91 Å². The maximum absolute atomic E-state index is 12.9. The van der Waals surface area contributed by atoms with Gasteiger partial charge in [0, 0.05) is 35.8 Å². The zero-order valence-electron chi connectivity index (χ0n) is 20.4. The molecule has 4 aromatic rings. The van der Waals surface area contributed by atoms with Crippen molar-refractivity contribution < 1.29 is 9.90 Å². The number of phenols is 1. The molecule has 1 heterocycles. The van der Waals surface area contributed by atoms with Crippen LogP contribution in [-0.4, -0.2) is 15.6 Å². The number of aromatic hydroxyl groups is 1. The Morgan fingerprint density at radius 3 is 2.32 bits per heavy atom. The van der Waals surface area contributed by atoms with Crippen LogP contribution in [0.15, 0.2) is 60.7 Å². The van der Waals surface area contributed by atoms with E-state index >= 15 is 0 Å². The first kappa shape index (κ1) is 23.9. The maximum atomic E-state index is 12.9. The molecule has 0 saturated heterocycles. The number of aryl methyl sites for hydroxylation is 1. The Balaban J connectivity index is 1.53. The van der Waals surface area contributed by atoms with Gasteiger partial charge in [0.2, 0.25) is 0 Å². The van der Waals surface area contributed by atoms with Gasteiger partial charge in [0.15, 0.2) is 0 Å². The van der Waals surface area contributed by atoms with Gasteiger partial charge < -0.3 is 15.0 Å². The predicted octanol–water partition coefficient (Wildman–Crippen LogP) is 6.66. The molecule has 176 valence electrons. The zero-order valence-corrected chi connectivity index (χ0v) is 21.1. The normalized spacial score (nSPS) is 11.7. The fraction of sp³-hybridized carbons (Fsp3) is 0.276. The van der Waals surface area contributed by atoms with E-state index in [4.69, 9.17) is 11.6 Å². The van der Waals surface area contributed by atoms with Crippen molar-refractivity contribution in [2.24, 2.45) is 7.05 Å². The van der Waals surface area contributed by atoms with Crippen LogP contribution in [0.2, 0.25) is 5.02 Å². The lowest BCUT2D eigenvalue weighted by atomic mass is 9.87. The Morgan fingerprint density at radius 1 is 1.00 bits per heavy atom. The van der Waals surface area contributed by atoms with Crippen LogP contribution in [-0.2, 0) is 25.4 Å². The summed E-state index contributed by atoms with van der Waals surface area (Å²) in [5.74, 6) is -0.00566. The largest absolute Gasteiger partial charge is 0.506 e. The topological polar surface area (TPSA) is 54.3 Å². The molecule has 0 aliphatic heterocycles. The molecule has 0 aliphatic carbocycles. The van der Waals surface area contributed by atoms with Crippen LogP contribution in [0.3, 0.4) is 0 Å². The summed E-state index contributed by atoms with van der Waals surface area (Å²) in [4.78, 5) is 12.9. The number of aromatic nitrogens is 1. The van der Waals surface area contributed by atoms with Gasteiger partial charge in [-0.05, 0) is 65.3 Å². The maximum Gasteiger partial charge on any atom is 0.251 e. The van der Waals surface area contributed by atoms with Gasteiger partial charge in [-0.2, -0.15) is 0 Å². The van der Waals surface area contributed by atoms with Crippen molar-refractivity contribution in [2.45, 2.75) is 46.1 Å². The second-order valence-corrected chi connectivity index (χ2v) is 10.4. The van der Waals surface area contributed by atoms with Crippen molar-refractivity contribution in [3.63, 3.8) is 0 Å². The Kier molecular flexibility index (Phi) is 6.46. The SMILES string of the molecule is Cc1c(Cc2ccc(Cl)c(O)c2)c2ccc(C(=O)NCc3ccc(C(C)(C)C)cc3)cc2n1C. The molecule has 0 atom stereocenters. The van der Waals surface area contributed by atoms with Crippen molar-refractivity contribution >= 4 is 28.4 Å². The Morgan fingerprint density at radius 2 is 1.68 bits per heavy atom. The lowest BCUT2D eigenvalue weighted by molar-refractivity contribution is 0.0951. The van der Waals surface area contributed by atoms with Gasteiger partial charge in [-0.15, -0.1) is 0 Å². The lowest BCUT2D eigenvalue weighted by Crippen LogP contribution is -2.22. The van der Waals surface area contributed by atoms with Crippen LogP contribution >= 0.6 is 11.6 Å². The number of fused-ring (bicyclic) bond motifs is 1. The smallest absolute Gasteiger partial charge is 0.251 e. The zero-order chi connectivity index (χ0) is 24.6. The summed E-state index contributed by atoms with van der Waals surface area (Å²) < 4.78 is 2.11. The number of phenolic OH excluding ortho intramolecular Hbond substituents is 1. The molecular weight excluding hydrogens is 444 g/mol. The fourth-order valence-corrected chi connectivity index (χ4v) is 4.40. The molecule has 4 nitrogen and oxygen atoms in total. The van der Waals surface area contributed by atoms with E-state index in [0.717, 1.165) is 27.7 Å². The molecule has 0 saturated carbocycles. The molecule has 0 aliphatic rings. The van der Waals surface area contributed by atoms with Gasteiger partial charge >= 0.3 is 0 Å². The molecule has 1 amide bonds. The summed E-state index contributed by atoms with van der Waals surface area (Å²) in [6, 6.07) is 19.6. The van der Waals surface area contributed by atoms with E-state index in [1.165, 1.54) is 11.1 Å². The van der Waals surface area contributed by atoms with Crippen LogP contribution in [0, 0.1) is 6.92 Å². The van der Waals surface area contributed by atoms with Crippen LogP contribution < -0.4 is 5.32 Å². The van der Waals surface area contributed by atoms with Crippen molar-refractivity contribution in [1.82, 2.24) is 9.88 Å². The quantitative estimate of drug-likeness (QED) is 0.339. The first-order valence-corrected chi connectivity index (χ1v) is 11.9. The van der Waals surface area contributed by atoms with Gasteiger partial charge in [-0.3, -0.25) is 4.79 Å². The van der Waals surface area contributed by atoms with Gasteiger partial charge in [0.05, 0.1) is 5.02 Å². The molecule has 1 aromatic heterocycles. The minimum absolute atomic E-state index is 0.0871. The van der Waals surface area contributed by atoms with Crippen LogP contribution in [0.4, 0.5) is 0 Å². The van der Waals surface area contributed by atoms with Gasteiger partial charge in [-0.1, -0.05) is 68.8 Å². The number of hydrogen-bond donors (Lipinski definition) is 2. The van der Waals surface area contributed by atoms with E-state index in [1.54, 1.807) is 12.1 Å². The average molecular weight is 475 g/mol. The molecule has 0 radical (unpaired) electrons. The van der Waals surface area contributed by atoms with Crippen molar-refractivity contribution in [1.29, 1.82) is 0 Å². The van der Waals surface area contributed by atoms with Crippen LogP contribution in [0.25, 0.3) is 10.9 Å². The van der Waals surface area contributed by atoms with Gasteiger partial charge in [-0.25, -0.2) is 0 Å². The van der Waals surface area contributed by atoms with Gasteiger partial charge in [0.1, 0.15) is 5.75 Å². The highest BCUT2D eigenvalue weighted by atomic mass is 35.5. The van der Waals surface area contributed by atoms with E-state index < -0.39 is 0 Å². The highest BCUT2D eigenvalue weighted by Crippen LogP contribution is 2.30. The molecule has 3 aromatic carbocycles. The summed E-state index contributed by atoms with van der Waals surface area (Å²) in [5, 5.41) is 14.5. The second-order valence-electron chi connectivity index (χ2n) is 9.95. The fourth-order valence-electron chi connectivity index (χ4n) is 4.29. The third-order valence-electron chi connectivity index (χ3n) is 6.55. The second kappa shape index (κ2) is 9.19. The van der Waals surface area contributed by atoms with E-state index in [1.807, 2.05) is 31.3 Å². The molecule has 2 N–H and O–H groups in total. The number of nitrogens with one attached hydrogen (secondary N) is 1. The molecule has 0 bridgehead atoms. The number of hydrogen-bond acceptors (Lipinski definition) is 2. The summed E-state index contributed by atoms with van der Waals surface area (Å²) in [6.45, 7) is 9.13. The molecule has 34 heavy (non-hydrogen) atoms. The number of carbonyl (C=O) groups excluding carboxylic acids is 1. The molecule has 0 spiro atoms. The third kappa shape index (κ3) is 4.83. The van der Waals surface area contributed by atoms with E-state index in [9.17, 15) is 9.90 Å². The van der Waals surface area contributed by atoms with E-state index in [0.29, 0.717) is 23.6 Å². The number of benzene rings is 3. The number of rotatable bonds is 5. The van der Waals surface area contributed by atoms with E-state index in [2.05, 4.69) is 61.8 Å². The predicted molar refractivity (Wildman–Crippen MR) is 140 cm³/mol. The first-order chi connectivity index (χ1) is 16.0. The number of halogens is 1. The molecular formula is C29H31ClN2O2. The summed E-state index contributed by atoms with van der Waals surface area (Å²) >= 11 is 5.96. The Bertz CT molecular complexity index is 1360. The minimum Gasteiger partial charge on any atom is -0.506 e. The lowest BCUT2D eigenvalue weighted by Gasteiger charge is -2.19. The summed E-state index contributed by atoms with van der Waals surface area (Å²) in [7, 11) is 2.01. The van der Waals surface area contributed by atoms with Crippen LogP contribution in [0.1, 0.15) is 59.1 Å². The summed E-state index contributed by atoms with van der Waals surface area (Å²) in [6.07, 6.45) is 0.671. The van der Waals surface area contributed by atoms with E-state index in [-0.39, 0.29) is 17.1 Å². The van der Waals surface area contributed by atoms with Crippen molar-refractivity contribution in [2.75, 3.05) is 0 Å². The third-order valence-corrected chi connectivity index (χ3v) is 6.87. The standard InChI is InChI=1S/C29H31ClN2O2/c1-18-24(14-20-8-13-25(30)27(33)15-20)23-12-9-21(16-26(23)32(18)5)28(34)31-17-19-6-10-22(11-7-19)29(2,3)4/h6-13,15-16,33H,14,17H2,1-5H3,(H,31,34). The highest BCUT2D eigenvalue weighted by Gasteiger charge is 2.16. The monoisotopic (exact) mass is 474 g/mol. The number of nitrogens with zero attached hydrogens (tertiary/aromatic N) is 1. The number of carbonyl (C=O) groups is 1. The van der Waals surface area contributed by atoms with Crippen molar-refractivity contribution in [3.05, 3.63) is 99.2 Å². The molecule has 0 fully saturated rings. The Labute approximate surface area is 206 Å². The molecule has 0 unspecified atom stereocenters. The highest BCUT2D eigenvalue weighted by molar-refractivity contribution is 6.32. The summed E-state index contributed by atoms with van der Waals surface area (Å²) in [5.41, 5.74) is 7.38. The number of amides is 1. The van der Waals surface area contributed by atoms with Crippen LogP contribution in [0.5, 0.6) is 5.75 Å². The first-order valence-electron chi connectivity index (χ1n) is 11.5. The average Bonchev–Trinajstić information content (AvgIpc) is 3.04. The minimum atomic E-state index is -0.0928. The molecule has 4 rings (SSSR count). The molecule has 5 heteroatoms. The van der Waals surface area contributed by atoms with Crippen molar-refractivity contribution in [3.8, 4) is 5.75 Å². The Hall–Kier alpha value is -3.24.